The number of phenols is 1. The monoisotopic (exact) mass is 402 g/mol. The van der Waals surface area contributed by atoms with E-state index in [1.807, 2.05) is 43.6 Å². The van der Waals surface area contributed by atoms with Crippen LogP contribution < -0.4 is 10.2 Å². The lowest BCUT2D eigenvalue weighted by molar-refractivity contribution is 0.315. The minimum atomic E-state index is 0.123. The summed E-state index contributed by atoms with van der Waals surface area (Å²) < 4.78 is 1.74. The van der Waals surface area contributed by atoms with E-state index in [1.165, 1.54) is 0 Å². The number of nitrogens with one attached hydrogen (secondary N) is 1. The van der Waals surface area contributed by atoms with E-state index in [-0.39, 0.29) is 11.3 Å². The summed E-state index contributed by atoms with van der Waals surface area (Å²) in [6, 6.07) is 12.0. The van der Waals surface area contributed by atoms with Crippen LogP contribution in [0.5, 0.6) is 5.75 Å². The second kappa shape index (κ2) is 6.67. The molecule has 1 saturated heterocycles. The molecule has 0 saturated carbocycles. The van der Waals surface area contributed by atoms with Gasteiger partial charge in [0.2, 0.25) is 0 Å². The first-order valence-electron chi connectivity index (χ1n) is 10.2. The third kappa shape index (κ3) is 3.45. The summed E-state index contributed by atoms with van der Waals surface area (Å²) >= 11 is 0. The van der Waals surface area contributed by atoms with E-state index in [0.717, 1.165) is 46.5 Å². The Morgan fingerprint density at radius 2 is 1.73 bits per heavy atom. The zero-order chi connectivity index (χ0) is 21.0. The second-order valence-electron chi connectivity index (χ2n) is 9.13. The molecule has 4 heterocycles. The molecule has 0 atom stereocenters. The zero-order valence-corrected chi connectivity index (χ0v) is 17.7. The van der Waals surface area contributed by atoms with Crippen LogP contribution in [0.2, 0.25) is 0 Å². The number of benzene rings is 1. The van der Waals surface area contributed by atoms with Gasteiger partial charge in [0.15, 0.2) is 0 Å². The molecule has 1 aliphatic heterocycles. The first-order chi connectivity index (χ1) is 14.2. The van der Waals surface area contributed by atoms with Crippen molar-refractivity contribution >= 4 is 27.8 Å². The van der Waals surface area contributed by atoms with Gasteiger partial charge in [0.1, 0.15) is 11.6 Å². The van der Waals surface area contributed by atoms with Crippen molar-refractivity contribution in [2.45, 2.75) is 32.4 Å². The van der Waals surface area contributed by atoms with Crippen molar-refractivity contribution in [3.05, 3.63) is 42.6 Å². The standard InChI is InChI=1S/C23H26N6O/c1-23(2,3)26-15-12-29(13-15)22-8-7-18-19(25-22)6-5-17(24-18)16-9-14-11-28(4)27-20(14)10-21(16)30/h5-11,15,26,30H,12-13H2,1-4H3. The van der Waals surface area contributed by atoms with Gasteiger partial charge in [-0.05, 0) is 51.1 Å². The van der Waals surface area contributed by atoms with Crippen LogP contribution in [0.15, 0.2) is 42.6 Å². The van der Waals surface area contributed by atoms with E-state index in [2.05, 4.69) is 36.1 Å². The van der Waals surface area contributed by atoms with Gasteiger partial charge < -0.3 is 15.3 Å². The number of rotatable bonds is 3. The topological polar surface area (TPSA) is 79.1 Å². The van der Waals surface area contributed by atoms with Crippen LogP contribution in [-0.2, 0) is 7.05 Å². The molecule has 0 bridgehead atoms. The third-order valence-corrected chi connectivity index (χ3v) is 5.38. The molecule has 30 heavy (non-hydrogen) atoms. The minimum Gasteiger partial charge on any atom is -0.507 e. The highest BCUT2D eigenvalue weighted by molar-refractivity contribution is 5.88. The fourth-order valence-corrected chi connectivity index (χ4v) is 4.08. The van der Waals surface area contributed by atoms with Crippen LogP contribution in [0.25, 0.3) is 33.2 Å². The van der Waals surface area contributed by atoms with Gasteiger partial charge in [-0.1, -0.05) is 0 Å². The van der Waals surface area contributed by atoms with Gasteiger partial charge >= 0.3 is 0 Å². The summed E-state index contributed by atoms with van der Waals surface area (Å²) in [5.74, 6) is 1.15. The molecule has 2 N–H and O–H groups in total. The predicted octanol–water partition coefficient (Wildman–Crippen LogP) is 3.47. The van der Waals surface area contributed by atoms with Crippen molar-refractivity contribution in [1.82, 2.24) is 25.1 Å². The number of phenolic OH excluding ortho intramolecular Hbond substituents is 1. The molecule has 0 radical (unpaired) electrons. The molecule has 7 nitrogen and oxygen atoms in total. The highest BCUT2D eigenvalue weighted by atomic mass is 16.3. The first kappa shape index (κ1) is 18.8. The van der Waals surface area contributed by atoms with Gasteiger partial charge in [-0.15, -0.1) is 0 Å². The van der Waals surface area contributed by atoms with Crippen LogP contribution in [0.1, 0.15) is 20.8 Å². The van der Waals surface area contributed by atoms with Crippen molar-refractivity contribution in [2.75, 3.05) is 18.0 Å². The van der Waals surface area contributed by atoms with Gasteiger partial charge in [-0.3, -0.25) is 4.68 Å². The van der Waals surface area contributed by atoms with Crippen LogP contribution in [0, 0.1) is 0 Å². The Morgan fingerprint density at radius 3 is 2.50 bits per heavy atom. The van der Waals surface area contributed by atoms with E-state index in [1.54, 1.807) is 10.7 Å². The SMILES string of the molecule is Cn1cc2cc(-c3ccc4nc(N5CC(NC(C)(C)C)C5)ccc4n3)c(O)cc2n1. The van der Waals surface area contributed by atoms with Gasteiger partial charge in [-0.25, -0.2) is 9.97 Å². The molecule has 1 aliphatic rings. The van der Waals surface area contributed by atoms with E-state index in [0.29, 0.717) is 11.6 Å². The van der Waals surface area contributed by atoms with Crippen molar-refractivity contribution in [3.8, 4) is 17.0 Å². The molecule has 7 heteroatoms. The Balaban J connectivity index is 1.41. The smallest absolute Gasteiger partial charge is 0.129 e. The Bertz CT molecular complexity index is 1250. The Labute approximate surface area is 175 Å². The summed E-state index contributed by atoms with van der Waals surface area (Å²) in [6.07, 6.45) is 1.93. The molecule has 1 aromatic carbocycles. The average Bonchev–Trinajstić information content (AvgIpc) is 3.01. The number of aromatic nitrogens is 4. The number of nitrogens with zero attached hydrogens (tertiary/aromatic N) is 5. The molecular formula is C23H26N6O. The van der Waals surface area contributed by atoms with Gasteiger partial charge in [-0.2, -0.15) is 5.10 Å². The van der Waals surface area contributed by atoms with Crippen molar-refractivity contribution < 1.29 is 5.11 Å². The van der Waals surface area contributed by atoms with E-state index in [4.69, 9.17) is 9.97 Å². The maximum absolute atomic E-state index is 10.5. The maximum Gasteiger partial charge on any atom is 0.129 e. The fourth-order valence-electron chi connectivity index (χ4n) is 4.08. The number of hydrogen-bond acceptors (Lipinski definition) is 6. The van der Waals surface area contributed by atoms with Crippen molar-refractivity contribution in [1.29, 1.82) is 0 Å². The van der Waals surface area contributed by atoms with E-state index in [9.17, 15) is 5.11 Å². The zero-order valence-electron chi connectivity index (χ0n) is 17.7. The summed E-state index contributed by atoms with van der Waals surface area (Å²) in [5, 5.41) is 19.4. The predicted molar refractivity (Wildman–Crippen MR) is 120 cm³/mol. The Hall–Kier alpha value is -3.19. The van der Waals surface area contributed by atoms with Crippen LogP contribution in [0.3, 0.4) is 0 Å². The second-order valence-corrected chi connectivity index (χ2v) is 9.13. The molecule has 4 aromatic rings. The molecule has 1 fully saturated rings. The maximum atomic E-state index is 10.5. The largest absolute Gasteiger partial charge is 0.507 e. The molecular weight excluding hydrogens is 376 g/mol. The molecule has 154 valence electrons. The minimum absolute atomic E-state index is 0.123. The first-order valence-corrected chi connectivity index (χ1v) is 10.2. The molecule has 0 amide bonds. The summed E-state index contributed by atoms with van der Waals surface area (Å²) in [6.45, 7) is 8.49. The van der Waals surface area contributed by atoms with E-state index >= 15 is 0 Å². The highest BCUT2D eigenvalue weighted by Gasteiger charge is 2.30. The summed E-state index contributed by atoms with van der Waals surface area (Å²) in [4.78, 5) is 11.8. The lowest BCUT2D eigenvalue weighted by Crippen LogP contribution is -2.62. The third-order valence-electron chi connectivity index (χ3n) is 5.38. The average molecular weight is 403 g/mol. The Morgan fingerprint density at radius 1 is 1.00 bits per heavy atom. The normalized spacial score (nSPS) is 15.1. The van der Waals surface area contributed by atoms with Crippen LogP contribution in [-0.4, -0.2) is 49.5 Å². The van der Waals surface area contributed by atoms with Crippen molar-refractivity contribution in [2.24, 2.45) is 7.05 Å². The van der Waals surface area contributed by atoms with Crippen molar-refractivity contribution in [3.63, 3.8) is 0 Å². The highest BCUT2D eigenvalue weighted by Crippen LogP contribution is 2.33. The number of fused-ring (bicyclic) bond motifs is 2. The number of anilines is 1. The lowest BCUT2D eigenvalue weighted by atomic mass is 10.0. The number of pyridine rings is 2. The number of hydrogen-bond donors (Lipinski definition) is 2. The van der Waals surface area contributed by atoms with Gasteiger partial charge in [0.25, 0.3) is 0 Å². The van der Waals surface area contributed by atoms with Gasteiger partial charge in [0.05, 0.1) is 22.2 Å². The number of aryl methyl sites for hydroxylation is 1. The fraction of sp³-hybridized carbons (Fsp3) is 0.348. The Kier molecular flexibility index (Phi) is 4.18. The molecule has 5 rings (SSSR count). The number of aromatic hydroxyl groups is 1. The van der Waals surface area contributed by atoms with E-state index < -0.39 is 0 Å². The summed E-state index contributed by atoms with van der Waals surface area (Å²) in [5.41, 5.74) is 3.97. The quantitative estimate of drug-likeness (QED) is 0.546. The summed E-state index contributed by atoms with van der Waals surface area (Å²) in [7, 11) is 1.87. The molecule has 0 spiro atoms. The lowest BCUT2D eigenvalue weighted by Gasteiger charge is -2.43. The van der Waals surface area contributed by atoms with Crippen LogP contribution >= 0.6 is 0 Å². The molecule has 0 aliphatic carbocycles. The molecule has 3 aromatic heterocycles. The van der Waals surface area contributed by atoms with Crippen LogP contribution in [0.4, 0.5) is 5.82 Å². The molecule has 0 unspecified atom stereocenters. The van der Waals surface area contributed by atoms with Gasteiger partial charge in [0, 0.05) is 54.9 Å².